The summed E-state index contributed by atoms with van der Waals surface area (Å²) in [5.41, 5.74) is 15.0. The molecule has 2 aromatic rings. The van der Waals surface area contributed by atoms with Gasteiger partial charge in [-0.15, -0.1) is 0 Å². The van der Waals surface area contributed by atoms with Gasteiger partial charge in [-0.2, -0.15) is 0 Å². The van der Waals surface area contributed by atoms with Crippen molar-refractivity contribution in [1.29, 1.82) is 0 Å². The molecule has 0 radical (unpaired) electrons. The van der Waals surface area contributed by atoms with Crippen LogP contribution in [-0.2, 0) is 27.5 Å². The molecule has 2 amide bonds. The zero-order chi connectivity index (χ0) is 42.5. The molecule has 0 aliphatic heterocycles. The van der Waals surface area contributed by atoms with Crippen LogP contribution in [0.4, 0.5) is 11.6 Å². The Balaban J connectivity index is 2.04. The minimum atomic E-state index is -0.699. The molecule has 0 spiro atoms. The predicted molar refractivity (Wildman–Crippen MR) is 235 cm³/mol. The van der Waals surface area contributed by atoms with Crippen molar-refractivity contribution in [2.75, 3.05) is 24.7 Å². The summed E-state index contributed by atoms with van der Waals surface area (Å²) in [5.74, 6) is 0.976. The van der Waals surface area contributed by atoms with Gasteiger partial charge >= 0.3 is 5.97 Å². The fourth-order valence-corrected chi connectivity index (χ4v) is 9.39. The Kier molecular flexibility index (Phi) is 26.4. The number of carbonyl (C=O) groups is 3. The van der Waals surface area contributed by atoms with Crippen LogP contribution in [0.2, 0.25) is 0 Å². The number of hydrogen-bond donors (Lipinski definition) is 5. The summed E-state index contributed by atoms with van der Waals surface area (Å²) in [6.07, 6.45) is 24.5. The Morgan fingerprint density at radius 1 is 0.621 bits per heavy atom. The Morgan fingerprint density at radius 3 is 1.40 bits per heavy atom. The number of aliphatic hydroxyl groups is 2. The van der Waals surface area contributed by atoms with Gasteiger partial charge in [0.2, 0.25) is 12.8 Å². The van der Waals surface area contributed by atoms with Gasteiger partial charge in [-0.1, -0.05) is 111 Å². The van der Waals surface area contributed by atoms with Crippen LogP contribution in [-0.4, -0.2) is 77.1 Å². The third kappa shape index (κ3) is 20.3. The van der Waals surface area contributed by atoms with Crippen LogP contribution in [0, 0.1) is 13.8 Å². The minimum absolute atomic E-state index is 0.129. The van der Waals surface area contributed by atoms with Crippen LogP contribution < -0.4 is 11.5 Å². The molecule has 58 heavy (non-hydrogen) atoms. The van der Waals surface area contributed by atoms with Gasteiger partial charge in [0, 0.05) is 77.2 Å². The van der Waals surface area contributed by atoms with Crippen molar-refractivity contribution >= 4 is 52.0 Å². The quantitative estimate of drug-likeness (QED) is 0.0254. The zero-order valence-corrected chi connectivity index (χ0v) is 36.6. The molecule has 0 bridgehead atoms. The maximum Gasteiger partial charge on any atom is 0.303 e. The van der Waals surface area contributed by atoms with E-state index in [2.05, 4.69) is 19.9 Å². The maximum atomic E-state index is 12.7. The molecule has 0 aliphatic rings. The number of aliphatic carboxylic acids is 1. The van der Waals surface area contributed by atoms with E-state index in [-0.39, 0.29) is 32.7 Å². The van der Waals surface area contributed by atoms with Crippen LogP contribution in [0.15, 0.2) is 33.6 Å². The Morgan fingerprint density at radius 2 is 1.00 bits per heavy atom. The molecular weight excluding hydrogens is 777 g/mol. The summed E-state index contributed by atoms with van der Waals surface area (Å²) >= 11 is 0. The lowest BCUT2D eigenvalue weighted by Crippen LogP contribution is -2.23. The second-order valence-electron chi connectivity index (χ2n) is 14.7. The second kappa shape index (κ2) is 30.3. The molecule has 14 nitrogen and oxygen atoms in total. The molecule has 0 unspecified atom stereocenters. The summed E-state index contributed by atoms with van der Waals surface area (Å²) < 4.78 is 0. The van der Waals surface area contributed by atoms with Crippen LogP contribution in [0.5, 0.6) is 0 Å². The first-order chi connectivity index (χ1) is 28.0. The van der Waals surface area contributed by atoms with Crippen molar-refractivity contribution in [2.24, 2.45) is 0 Å². The lowest BCUT2D eigenvalue weighted by molar-refractivity contribution is -0.137. The average molecular weight is 845 g/mol. The van der Waals surface area contributed by atoms with Gasteiger partial charge in [-0.25, -0.2) is 19.9 Å². The molecule has 0 fully saturated rings. The van der Waals surface area contributed by atoms with E-state index in [0.29, 0.717) is 59.4 Å². The number of aromatic nitrogens is 4. The van der Waals surface area contributed by atoms with Crippen LogP contribution >= 0.6 is 21.6 Å². The molecule has 0 saturated carbocycles. The summed E-state index contributed by atoms with van der Waals surface area (Å²) in [5, 5.41) is 28.9. The summed E-state index contributed by atoms with van der Waals surface area (Å²) in [6, 6.07) is 0. The molecule has 0 saturated heterocycles. The topological polar surface area (TPSA) is 222 Å². The number of anilines is 2. The number of hydrogen-bond acceptors (Lipinski definition) is 13. The molecule has 2 heterocycles. The number of allylic oxidation sites excluding steroid dienone is 2. The molecule has 7 N–H and O–H groups in total. The van der Waals surface area contributed by atoms with E-state index >= 15 is 0 Å². The van der Waals surface area contributed by atoms with Gasteiger partial charge < -0.3 is 36.6 Å². The monoisotopic (exact) mass is 844 g/mol. The van der Waals surface area contributed by atoms with Gasteiger partial charge in [-0.05, 0) is 40.0 Å². The highest BCUT2D eigenvalue weighted by atomic mass is 33.1. The van der Waals surface area contributed by atoms with E-state index in [1.165, 1.54) is 84.3 Å². The third-order valence-corrected chi connectivity index (χ3v) is 12.8. The van der Waals surface area contributed by atoms with Crippen LogP contribution in [0.25, 0.3) is 0 Å². The van der Waals surface area contributed by atoms with E-state index in [0.717, 1.165) is 73.3 Å². The van der Waals surface area contributed by atoms with Gasteiger partial charge in [0.25, 0.3) is 0 Å². The smallest absolute Gasteiger partial charge is 0.303 e. The summed E-state index contributed by atoms with van der Waals surface area (Å²) in [7, 11) is 2.81. The van der Waals surface area contributed by atoms with E-state index < -0.39 is 5.97 Å². The first kappa shape index (κ1) is 50.4. The number of nitrogens with two attached hydrogens (primary N) is 2. The number of unbranched alkanes of at least 4 members (excludes halogenated alkanes) is 15. The van der Waals surface area contributed by atoms with Gasteiger partial charge in [0.1, 0.15) is 23.3 Å². The number of aryl methyl sites for hydroxylation is 2. The van der Waals surface area contributed by atoms with Crippen molar-refractivity contribution < 1.29 is 29.7 Å². The normalized spacial score (nSPS) is 12.2. The number of rotatable bonds is 34. The SMILES string of the molecule is CC(=C(CCO)SSC(CCO)=C(CCCCCCCCCCCCCCCCCCC(=O)O)N(C=O)Cc1cnc(C)nc1N)N(C=O)Cc1cnc(C)nc1N. The van der Waals surface area contributed by atoms with Crippen molar-refractivity contribution in [3.63, 3.8) is 0 Å². The standard InChI is InChI=1S/C42H68N8O6S2/c1-32(49(30-53)28-35-26-45-33(2)47-41(35)43)38(22-24-51)57-58-39(23-25-52)37(50(31-54)29-36-27-46-34(3)48-42(36)44)20-18-16-14-12-10-8-6-4-5-7-9-11-13-15-17-19-21-40(55)56/h26-27,30-31,51-52H,4-25,28-29H2,1-3H3,(H,55,56)(H2,43,45,47)(H2,44,46,48). The molecule has 0 aromatic carbocycles. The highest BCUT2D eigenvalue weighted by Gasteiger charge is 2.20. The van der Waals surface area contributed by atoms with Gasteiger partial charge in [-0.3, -0.25) is 14.4 Å². The lowest BCUT2D eigenvalue weighted by Gasteiger charge is -2.26. The molecule has 0 atom stereocenters. The third-order valence-electron chi connectivity index (χ3n) is 9.95. The van der Waals surface area contributed by atoms with Gasteiger partial charge in [0.05, 0.1) is 13.1 Å². The number of aliphatic hydroxyl groups excluding tert-OH is 2. The van der Waals surface area contributed by atoms with Crippen molar-refractivity contribution in [3.8, 4) is 0 Å². The molecule has 324 valence electrons. The number of nitrogens with zero attached hydrogens (tertiary/aromatic N) is 6. The largest absolute Gasteiger partial charge is 0.481 e. The fraction of sp³-hybridized carbons (Fsp3) is 0.643. The number of carboxylic acids is 1. The summed E-state index contributed by atoms with van der Waals surface area (Å²) in [6.45, 7) is 5.38. The van der Waals surface area contributed by atoms with Crippen molar-refractivity contribution in [2.45, 2.75) is 162 Å². The highest BCUT2D eigenvalue weighted by molar-refractivity contribution is 8.79. The minimum Gasteiger partial charge on any atom is -0.481 e. The van der Waals surface area contributed by atoms with E-state index in [9.17, 15) is 24.6 Å². The van der Waals surface area contributed by atoms with E-state index in [1.54, 1.807) is 31.1 Å². The zero-order valence-electron chi connectivity index (χ0n) is 35.0. The number of amides is 2. The second-order valence-corrected chi connectivity index (χ2v) is 17.0. The van der Waals surface area contributed by atoms with Gasteiger partial charge in [0.15, 0.2) is 0 Å². The van der Waals surface area contributed by atoms with Crippen LogP contribution in [0.1, 0.15) is 158 Å². The Bertz CT molecular complexity index is 1590. The summed E-state index contributed by atoms with van der Waals surface area (Å²) in [4.78, 5) is 57.4. The molecule has 2 rings (SSSR count). The number of carboxylic acid groups (broad SMARTS) is 1. The van der Waals surface area contributed by atoms with Crippen molar-refractivity contribution in [3.05, 3.63) is 56.4 Å². The van der Waals surface area contributed by atoms with Crippen molar-refractivity contribution in [1.82, 2.24) is 29.7 Å². The maximum absolute atomic E-state index is 12.7. The van der Waals surface area contributed by atoms with Crippen LogP contribution in [0.3, 0.4) is 0 Å². The van der Waals surface area contributed by atoms with E-state index in [1.807, 2.05) is 6.92 Å². The average Bonchev–Trinajstić information content (AvgIpc) is 3.19. The number of carbonyl (C=O) groups excluding carboxylic acids is 2. The first-order valence-corrected chi connectivity index (χ1v) is 23.0. The number of nitrogen functional groups attached to an aromatic ring is 2. The molecule has 2 aromatic heterocycles. The molecular formula is C42H68N8O6S2. The highest BCUT2D eigenvalue weighted by Crippen LogP contribution is 2.43. The predicted octanol–water partition coefficient (Wildman–Crippen LogP) is 8.36. The Labute approximate surface area is 353 Å². The Hall–Kier alpha value is -3.73. The van der Waals surface area contributed by atoms with E-state index in [4.69, 9.17) is 16.6 Å². The fourth-order valence-electron chi connectivity index (χ4n) is 6.53. The lowest BCUT2D eigenvalue weighted by atomic mass is 10.0. The molecule has 0 aliphatic carbocycles. The molecule has 16 heteroatoms. The first-order valence-electron chi connectivity index (χ1n) is 20.8.